The van der Waals surface area contributed by atoms with Crippen molar-refractivity contribution in [2.45, 2.75) is 56.5 Å². The van der Waals surface area contributed by atoms with Crippen molar-refractivity contribution in [1.82, 2.24) is 4.72 Å². The van der Waals surface area contributed by atoms with Gasteiger partial charge < -0.3 is 5.73 Å². The molecule has 6 heteroatoms. The zero-order valence-electron chi connectivity index (χ0n) is 10.8. The van der Waals surface area contributed by atoms with Crippen molar-refractivity contribution in [1.29, 1.82) is 0 Å². The van der Waals surface area contributed by atoms with Gasteiger partial charge in [-0.2, -0.15) is 0 Å². The summed E-state index contributed by atoms with van der Waals surface area (Å²) in [4.78, 5) is 2.31. The third-order valence-electron chi connectivity index (χ3n) is 3.38. The Bertz CT molecular complexity index is 514. The van der Waals surface area contributed by atoms with Gasteiger partial charge in [-0.15, -0.1) is 11.3 Å². The van der Waals surface area contributed by atoms with Gasteiger partial charge in [0.05, 0.1) is 4.90 Å². The summed E-state index contributed by atoms with van der Waals surface area (Å²) in [6, 6.07) is 2.02. The smallest absolute Gasteiger partial charge is 0.241 e. The quantitative estimate of drug-likeness (QED) is 0.892. The van der Waals surface area contributed by atoms with Gasteiger partial charge in [-0.05, 0) is 45.6 Å². The van der Waals surface area contributed by atoms with E-state index in [1.807, 2.05) is 13.8 Å². The first-order chi connectivity index (χ1) is 8.38. The van der Waals surface area contributed by atoms with Crippen LogP contribution in [0.15, 0.2) is 11.0 Å². The van der Waals surface area contributed by atoms with E-state index in [0.717, 1.165) is 35.4 Å². The number of thiophene rings is 1. The minimum Gasteiger partial charge on any atom is -0.328 e. The first-order valence-electron chi connectivity index (χ1n) is 6.23. The molecule has 2 rings (SSSR count). The molecule has 18 heavy (non-hydrogen) atoms. The van der Waals surface area contributed by atoms with Crippen LogP contribution >= 0.6 is 11.3 Å². The second-order valence-electron chi connectivity index (χ2n) is 5.01. The maximum absolute atomic E-state index is 12.3. The molecule has 0 atom stereocenters. The van der Waals surface area contributed by atoms with E-state index in [4.69, 9.17) is 5.73 Å². The average Bonchev–Trinajstić information content (AvgIpc) is 2.62. The molecule has 3 N–H and O–H groups in total. The topological polar surface area (TPSA) is 72.2 Å². The lowest BCUT2D eigenvalue weighted by atomic mass is 9.93. The first-order valence-corrected chi connectivity index (χ1v) is 8.53. The molecule has 1 saturated carbocycles. The predicted octanol–water partition coefficient (Wildman–Crippen LogP) is 1.91. The minimum atomic E-state index is -3.37. The van der Waals surface area contributed by atoms with Gasteiger partial charge in [0.25, 0.3) is 0 Å². The zero-order chi connectivity index (χ0) is 13.3. The molecule has 1 aromatic rings. The number of nitrogens with one attached hydrogen (secondary N) is 1. The SMILES string of the molecule is Cc1cc(S(=O)(=O)NC2CCC(N)CC2)c(C)s1. The van der Waals surface area contributed by atoms with E-state index in [-0.39, 0.29) is 12.1 Å². The van der Waals surface area contributed by atoms with Crippen LogP contribution in [-0.2, 0) is 10.0 Å². The lowest BCUT2D eigenvalue weighted by Crippen LogP contribution is -2.40. The molecular weight excluding hydrogens is 268 g/mol. The van der Waals surface area contributed by atoms with Crippen LogP contribution in [-0.4, -0.2) is 20.5 Å². The van der Waals surface area contributed by atoms with Crippen molar-refractivity contribution in [2.24, 2.45) is 5.73 Å². The lowest BCUT2D eigenvalue weighted by Gasteiger charge is -2.26. The summed E-state index contributed by atoms with van der Waals surface area (Å²) >= 11 is 1.52. The van der Waals surface area contributed by atoms with E-state index in [1.165, 1.54) is 11.3 Å². The number of hydrogen-bond donors (Lipinski definition) is 2. The van der Waals surface area contributed by atoms with Gasteiger partial charge in [-0.1, -0.05) is 0 Å². The van der Waals surface area contributed by atoms with Crippen LogP contribution in [0.4, 0.5) is 0 Å². The Morgan fingerprint density at radius 3 is 2.39 bits per heavy atom. The van der Waals surface area contributed by atoms with Crippen LogP contribution in [0.2, 0.25) is 0 Å². The van der Waals surface area contributed by atoms with Crippen LogP contribution in [0.5, 0.6) is 0 Å². The highest BCUT2D eigenvalue weighted by Gasteiger charge is 2.26. The zero-order valence-corrected chi connectivity index (χ0v) is 12.4. The fourth-order valence-electron chi connectivity index (χ4n) is 2.39. The highest BCUT2D eigenvalue weighted by atomic mass is 32.2. The van der Waals surface area contributed by atoms with E-state index in [2.05, 4.69) is 4.72 Å². The van der Waals surface area contributed by atoms with E-state index < -0.39 is 10.0 Å². The van der Waals surface area contributed by atoms with Crippen LogP contribution in [0.25, 0.3) is 0 Å². The molecule has 1 fully saturated rings. The van der Waals surface area contributed by atoms with Crippen LogP contribution in [0.1, 0.15) is 35.4 Å². The number of aryl methyl sites for hydroxylation is 2. The lowest BCUT2D eigenvalue weighted by molar-refractivity contribution is 0.373. The number of rotatable bonds is 3. The van der Waals surface area contributed by atoms with Gasteiger partial charge in [-0.25, -0.2) is 13.1 Å². The Morgan fingerprint density at radius 2 is 1.89 bits per heavy atom. The highest BCUT2D eigenvalue weighted by molar-refractivity contribution is 7.89. The predicted molar refractivity (Wildman–Crippen MR) is 74.3 cm³/mol. The third-order valence-corrected chi connectivity index (χ3v) is 6.12. The maximum atomic E-state index is 12.3. The fraction of sp³-hybridized carbons (Fsp3) is 0.667. The minimum absolute atomic E-state index is 0.0365. The fourth-order valence-corrected chi connectivity index (χ4v) is 5.25. The molecule has 1 aliphatic rings. The summed E-state index contributed by atoms with van der Waals surface area (Å²) in [6.45, 7) is 3.78. The second kappa shape index (κ2) is 5.28. The molecule has 0 saturated heterocycles. The van der Waals surface area contributed by atoms with E-state index in [9.17, 15) is 8.42 Å². The monoisotopic (exact) mass is 288 g/mol. The van der Waals surface area contributed by atoms with Crippen molar-refractivity contribution < 1.29 is 8.42 Å². The van der Waals surface area contributed by atoms with Gasteiger partial charge in [0, 0.05) is 21.8 Å². The standard InChI is InChI=1S/C12H20N2O2S2/c1-8-7-12(9(2)17-8)18(15,16)14-11-5-3-10(13)4-6-11/h7,10-11,14H,3-6,13H2,1-2H3. The third kappa shape index (κ3) is 3.12. The summed E-state index contributed by atoms with van der Waals surface area (Å²) in [5, 5.41) is 0. The van der Waals surface area contributed by atoms with Gasteiger partial charge in [0.15, 0.2) is 0 Å². The summed E-state index contributed by atoms with van der Waals surface area (Å²) in [6.07, 6.45) is 3.47. The maximum Gasteiger partial charge on any atom is 0.241 e. The Hall–Kier alpha value is -0.430. The number of nitrogens with two attached hydrogens (primary N) is 1. The molecule has 102 valence electrons. The summed E-state index contributed by atoms with van der Waals surface area (Å²) in [5.74, 6) is 0. The molecule has 0 radical (unpaired) electrons. The van der Waals surface area contributed by atoms with Crippen LogP contribution < -0.4 is 10.5 Å². The number of sulfonamides is 1. The van der Waals surface area contributed by atoms with Crippen molar-refractivity contribution in [3.8, 4) is 0 Å². The van der Waals surface area contributed by atoms with Crippen molar-refractivity contribution in [3.63, 3.8) is 0 Å². The highest BCUT2D eigenvalue weighted by Crippen LogP contribution is 2.26. The molecule has 0 spiro atoms. The molecule has 0 bridgehead atoms. The Balaban J connectivity index is 2.10. The van der Waals surface area contributed by atoms with E-state index >= 15 is 0 Å². The molecule has 4 nitrogen and oxygen atoms in total. The first kappa shape index (κ1) is 14.0. The number of hydrogen-bond acceptors (Lipinski definition) is 4. The normalized spacial score (nSPS) is 25.3. The van der Waals surface area contributed by atoms with Gasteiger partial charge >= 0.3 is 0 Å². The molecule has 0 aromatic carbocycles. The van der Waals surface area contributed by atoms with Gasteiger partial charge in [0.2, 0.25) is 10.0 Å². The van der Waals surface area contributed by atoms with Gasteiger partial charge in [-0.3, -0.25) is 0 Å². The van der Waals surface area contributed by atoms with Crippen LogP contribution in [0, 0.1) is 13.8 Å². The average molecular weight is 288 g/mol. The van der Waals surface area contributed by atoms with Crippen molar-refractivity contribution in [3.05, 3.63) is 15.8 Å². The van der Waals surface area contributed by atoms with Crippen LogP contribution in [0.3, 0.4) is 0 Å². The second-order valence-corrected chi connectivity index (χ2v) is 8.15. The van der Waals surface area contributed by atoms with Gasteiger partial charge in [0.1, 0.15) is 0 Å². The summed E-state index contributed by atoms with van der Waals surface area (Å²) < 4.78 is 27.4. The van der Waals surface area contributed by atoms with Crippen molar-refractivity contribution in [2.75, 3.05) is 0 Å². The molecule has 0 amide bonds. The largest absolute Gasteiger partial charge is 0.328 e. The van der Waals surface area contributed by atoms with E-state index in [1.54, 1.807) is 6.07 Å². The summed E-state index contributed by atoms with van der Waals surface area (Å²) in [5.41, 5.74) is 5.82. The molecule has 1 heterocycles. The Kier molecular flexibility index (Phi) is 4.11. The Morgan fingerprint density at radius 1 is 1.28 bits per heavy atom. The molecule has 0 unspecified atom stereocenters. The van der Waals surface area contributed by atoms with Crippen molar-refractivity contribution >= 4 is 21.4 Å². The molecule has 1 aromatic heterocycles. The molecular formula is C12H20N2O2S2. The Labute approximate surface area is 113 Å². The molecule has 1 aliphatic carbocycles. The molecule has 0 aliphatic heterocycles. The van der Waals surface area contributed by atoms with E-state index in [0.29, 0.717) is 4.90 Å². The summed E-state index contributed by atoms with van der Waals surface area (Å²) in [7, 11) is -3.37.